The van der Waals surface area contributed by atoms with Gasteiger partial charge >= 0.3 is 0 Å². The molecule has 0 aliphatic carbocycles. The van der Waals surface area contributed by atoms with Crippen LogP contribution in [-0.2, 0) is 0 Å². The molecule has 0 saturated carbocycles. The molecule has 1 amide bonds. The Morgan fingerprint density at radius 1 is 1.20 bits per heavy atom. The van der Waals surface area contributed by atoms with Gasteiger partial charge in [0.05, 0.1) is 15.7 Å². The number of nitrogens with two attached hydrogens (primary N) is 1. The predicted molar refractivity (Wildman–Crippen MR) is 81.7 cm³/mol. The SMILES string of the molecule is Cc1cc(NC(=O)c2cc(Cl)c(N)c(Cl)c2)ccc1O. The number of carbonyl (C=O) groups is 1. The maximum atomic E-state index is 12.1. The van der Waals surface area contributed by atoms with Crippen LogP contribution in [0.5, 0.6) is 5.75 Å². The van der Waals surface area contributed by atoms with Crippen molar-refractivity contribution in [3.05, 3.63) is 51.5 Å². The molecule has 0 atom stereocenters. The van der Waals surface area contributed by atoms with Crippen LogP contribution in [0.15, 0.2) is 30.3 Å². The van der Waals surface area contributed by atoms with E-state index in [0.29, 0.717) is 16.8 Å². The Morgan fingerprint density at radius 3 is 2.35 bits per heavy atom. The van der Waals surface area contributed by atoms with Gasteiger partial charge in [-0.3, -0.25) is 4.79 Å². The average Bonchev–Trinajstić information content (AvgIpc) is 2.39. The van der Waals surface area contributed by atoms with Crippen molar-refractivity contribution in [2.45, 2.75) is 6.92 Å². The number of benzene rings is 2. The van der Waals surface area contributed by atoms with Crippen molar-refractivity contribution in [2.75, 3.05) is 11.1 Å². The van der Waals surface area contributed by atoms with Crippen molar-refractivity contribution in [1.29, 1.82) is 0 Å². The Kier molecular flexibility index (Phi) is 4.06. The largest absolute Gasteiger partial charge is 0.508 e. The molecule has 4 N–H and O–H groups in total. The molecule has 2 aromatic carbocycles. The fraction of sp³-hybridized carbons (Fsp3) is 0.0714. The highest BCUT2D eigenvalue weighted by molar-refractivity contribution is 6.39. The van der Waals surface area contributed by atoms with E-state index in [1.165, 1.54) is 18.2 Å². The van der Waals surface area contributed by atoms with E-state index in [1.54, 1.807) is 19.1 Å². The summed E-state index contributed by atoms with van der Waals surface area (Å²) in [5.74, 6) is -0.194. The highest BCUT2D eigenvalue weighted by Crippen LogP contribution is 2.29. The molecule has 0 bridgehead atoms. The summed E-state index contributed by atoms with van der Waals surface area (Å²) in [6.07, 6.45) is 0. The topological polar surface area (TPSA) is 75.4 Å². The van der Waals surface area contributed by atoms with Gasteiger partial charge in [0.25, 0.3) is 5.91 Å². The number of hydrogen-bond donors (Lipinski definition) is 3. The maximum Gasteiger partial charge on any atom is 0.255 e. The van der Waals surface area contributed by atoms with Crippen LogP contribution in [0.25, 0.3) is 0 Å². The molecule has 0 aromatic heterocycles. The molecular formula is C14H12Cl2N2O2. The molecule has 0 aliphatic rings. The van der Waals surface area contributed by atoms with Crippen LogP contribution < -0.4 is 11.1 Å². The molecule has 2 aromatic rings. The van der Waals surface area contributed by atoms with Crippen LogP contribution in [0.4, 0.5) is 11.4 Å². The molecule has 6 heteroatoms. The first-order valence-corrected chi connectivity index (χ1v) is 6.49. The molecular weight excluding hydrogens is 299 g/mol. The lowest BCUT2D eigenvalue weighted by molar-refractivity contribution is 0.102. The Bertz CT molecular complexity index is 664. The Morgan fingerprint density at radius 2 is 1.80 bits per heavy atom. The minimum Gasteiger partial charge on any atom is -0.508 e. The van der Waals surface area contributed by atoms with Gasteiger partial charge in [-0.25, -0.2) is 0 Å². The lowest BCUT2D eigenvalue weighted by Crippen LogP contribution is -2.12. The number of aromatic hydroxyl groups is 1. The van der Waals surface area contributed by atoms with Gasteiger partial charge in [0.15, 0.2) is 0 Å². The smallest absolute Gasteiger partial charge is 0.255 e. The van der Waals surface area contributed by atoms with Crippen LogP contribution in [0.3, 0.4) is 0 Å². The molecule has 0 saturated heterocycles. The summed E-state index contributed by atoms with van der Waals surface area (Å²) in [4.78, 5) is 12.1. The quantitative estimate of drug-likeness (QED) is 0.582. The lowest BCUT2D eigenvalue weighted by Gasteiger charge is -2.09. The van der Waals surface area contributed by atoms with Gasteiger partial charge in [0.2, 0.25) is 0 Å². The molecule has 104 valence electrons. The zero-order valence-electron chi connectivity index (χ0n) is 10.6. The number of phenols is 1. The fourth-order valence-corrected chi connectivity index (χ4v) is 2.14. The van der Waals surface area contributed by atoms with Crippen molar-refractivity contribution in [3.63, 3.8) is 0 Å². The summed E-state index contributed by atoms with van der Waals surface area (Å²) >= 11 is 11.8. The predicted octanol–water partition coefficient (Wildman–Crippen LogP) is 3.84. The number of amides is 1. The van der Waals surface area contributed by atoms with E-state index in [2.05, 4.69) is 5.32 Å². The Balaban J connectivity index is 2.26. The van der Waals surface area contributed by atoms with Crippen molar-refractivity contribution in [1.82, 2.24) is 0 Å². The van der Waals surface area contributed by atoms with Crippen LogP contribution in [0, 0.1) is 6.92 Å². The monoisotopic (exact) mass is 310 g/mol. The molecule has 0 spiro atoms. The molecule has 2 rings (SSSR count). The van der Waals surface area contributed by atoms with Gasteiger partial charge in [-0.1, -0.05) is 23.2 Å². The summed E-state index contributed by atoms with van der Waals surface area (Å²) in [5.41, 5.74) is 7.39. The standard InChI is InChI=1S/C14H12Cl2N2O2/c1-7-4-9(2-3-12(7)19)18-14(20)8-5-10(15)13(17)11(16)6-8/h2-6,19H,17H2,1H3,(H,18,20). The van der Waals surface area contributed by atoms with E-state index < -0.39 is 0 Å². The van der Waals surface area contributed by atoms with E-state index in [9.17, 15) is 9.90 Å². The van der Waals surface area contributed by atoms with Gasteiger partial charge in [0, 0.05) is 11.3 Å². The second kappa shape index (κ2) is 5.61. The summed E-state index contributed by atoms with van der Waals surface area (Å²) < 4.78 is 0. The first kappa shape index (κ1) is 14.5. The highest BCUT2D eigenvalue weighted by Gasteiger charge is 2.12. The van der Waals surface area contributed by atoms with E-state index in [-0.39, 0.29) is 27.4 Å². The second-order valence-corrected chi connectivity index (χ2v) is 5.12. The number of nitrogen functional groups attached to an aromatic ring is 1. The first-order valence-electron chi connectivity index (χ1n) is 5.74. The van der Waals surface area contributed by atoms with Crippen LogP contribution in [0.2, 0.25) is 10.0 Å². The number of nitrogens with one attached hydrogen (secondary N) is 1. The number of anilines is 2. The summed E-state index contributed by atoms with van der Waals surface area (Å²) in [7, 11) is 0. The lowest BCUT2D eigenvalue weighted by atomic mass is 10.1. The van der Waals surface area contributed by atoms with Crippen LogP contribution in [0.1, 0.15) is 15.9 Å². The third kappa shape index (κ3) is 2.98. The Hall–Kier alpha value is -1.91. The Labute approximate surface area is 126 Å². The van der Waals surface area contributed by atoms with Crippen molar-refractivity contribution in [3.8, 4) is 5.75 Å². The summed E-state index contributed by atoms with van der Waals surface area (Å²) in [6, 6.07) is 7.67. The van der Waals surface area contributed by atoms with Gasteiger partial charge in [-0.2, -0.15) is 0 Å². The number of halogens is 2. The van der Waals surface area contributed by atoms with Gasteiger partial charge in [-0.05, 0) is 42.8 Å². The molecule has 0 aliphatic heterocycles. The van der Waals surface area contributed by atoms with Crippen molar-refractivity contribution < 1.29 is 9.90 Å². The number of phenolic OH excluding ortho intramolecular Hbond substituents is 1. The molecule has 0 heterocycles. The van der Waals surface area contributed by atoms with Crippen LogP contribution in [-0.4, -0.2) is 11.0 Å². The average molecular weight is 311 g/mol. The molecule has 0 unspecified atom stereocenters. The number of aryl methyl sites for hydroxylation is 1. The van der Waals surface area contributed by atoms with Crippen molar-refractivity contribution >= 4 is 40.5 Å². The number of carbonyl (C=O) groups excluding carboxylic acids is 1. The highest BCUT2D eigenvalue weighted by atomic mass is 35.5. The first-order chi connectivity index (χ1) is 9.38. The van der Waals surface area contributed by atoms with E-state index in [4.69, 9.17) is 28.9 Å². The van der Waals surface area contributed by atoms with Crippen LogP contribution >= 0.6 is 23.2 Å². The van der Waals surface area contributed by atoms with Crippen molar-refractivity contribution in [2.24, 2.45) is 0 Å². The molecule has 4 nitrogen and oxygen atoms in total. The summed E-state index contributed by atoms with van der Waals surface area (Å²) in [5, 5.41) is 12.6. The molecule has 0 fully saturated rings. The minimum absolute atomic E-state index is 0.168. The summed E-state index contributed by atoms with van der Waals surface area (Å²) in [6.45, 7) is 1.74. The van der Waals surface area contributed by atoms with E-state index in [1.807, 2.05) is 0 Å². The van der Waals surface area contributed by atoms with E-state index in [0.717, 1.165) is 0 Å². The van der Waals surface area contributed by atoms with Gasteiger partial charge in [0.1, 0.15) is 5.75 Å². The maximum absolute atomic E-state index is 12.1. The second-order valence-electron chi connectivity index (χ2n) is 4.31. The molecule has 0 radical (unpaired) electrons. The zero-order valence-corrected chi connectivity index (χ0v) is 12.1. The normalized spacial score (nSPS) is 10.3. The number of hydrogen-bond acceptors (Lipinski definition) is 3. The fourth-order valence-electron chi connectivity index (χ4n) is 1.65. The van der Waals surface area contributed by atoms with Gasteiger partial charge < -0.3 is 16.2 Å². The van der Waals surface area contributed by atoms with Gasteiger partial charge in [-0.15, -0.1) is 0 Å². The third-order valence-electron chi connectivity index (χ3n) is 2.80. The third-order valence-corrected chi connectivity index (χ3v) is 3.42. The van der Waals surface area contributed by atoms with E-state index >= 15 is 0 Å². The molecule has 20 heavy (non-hydrogen) atoms. The number of rotatable bonds is 2. The zero-order chi connectivity index (χ0) is 14.9. The minimum atomic E-state index is -0.362.